The second-order valence-corrected chi connectivity index (χ2v) is 3.82. The summed E-state index contributed by atoms with van der Waals surface area (Å²) in [6.07, 6.45) is 3.75. The van der Waals surface area contributed by atoms with Crippen molar-refractivity contribution in [2.45, 2.75) is 26.3 Å². The SMILES string of the molecule is CCC(C)N(CC(=O)O)C(=O)c1ccncc1. The second-order valence-electron chi connectivity index (χ2n) is 3.82. The molecule has 1 aromatic rings. The molecule has 0 aliphatic carbocycles. The standard InChI is InChI=1S/C12H16N2O3/c1-3-9(2)14(8-11(15)16)12(17)10-4-6-13-7-5-10/h4-7,9H,3,8H2,1-2H3,(H,15,16). The van der Waals surface area contributed by atoms with Gasteiger partial charge in [-0.05, 0) is 25.5 Å². The minimum Gasteiger partial charge on any atom is -0.480 e. The number of rotatable bonds is 5. The first-order chi connectivity index (χ1) is 8.06. The summed E-state index contributed by atoms with van der Waals surface area (Å²) in [4.78, 5) is 28.1. The minimum absolute atomic E-state index is 0.105. The molecule has 0 saturated heterocycles. The predicted octanol–water partition coefficient (Wildman–Crippen LogP) is 1.41. The van der Waals surface area contributed by atoms with E-state index in [0.717, 1.165) is 0 Å². The number of nitrogens with zero attached hydrogens (tertiary/aromatic N) is 2. The smallest absolute Gasteiger partial charge is 0.323 e. The zero-order valence-corrected chi connectivity index (χ0v) is 9.96. The molecule has 1 aromatic heterocycles. The lowest BCUT2D eigenvalue weighted by atomic mass is 10.1. The molecule has 1 heterocycles. The minimum atomic E-state index is -1.01. The Balaban J connectivity index is 2.90. The van der Waals surface area contributed by atoms with Crippen LogP contribution in [0.4, 0.5) is 0 Å². The van der Waals surface area contributed by atoms with Crippen LogP contribution < -0.4 is 0 Å². The summed E-state index contributed by atoms with van der Waals surface area (Å²) in [5, 5.41) is 8.82. The van der Waals surface area contributed by atoms with Gasteiger partial charge >= 0.3 is 5.97 Å². The van der Waals surface area contributed by atoms with Crippen LogP contribution in [0.5, 0.6) is 0 Å². The van der Waals surface area contributed by atoms with Crippen molar-refractivity contribution in [1.29, 1.82) is 0 Å². The van der Waals surface area contributed by atoms with Crippen molar-refractivity contribution in [3.63, 3.8) is 0 Å². The van der Waals surface area contributed by atoms with Crippen molar-refractivity contribution in [2.75, 3.05) is 6.54 Å². The molecule has 0 fully saturated rings. The zero-order chi connectivity index (χ0) is 12.8. The summed E-state index contributed by atoms with van der Waals surface area (Å²) in [7, 11) is 0. The average molecular weight is 236 g/mol. The van der Waals surface area contributed by atoms with Gasteiger partial charge in [-0.25, -0.2) is 0 Å². The van der Waals surface area contributed by atoms with Crippen LogP contribution in [0.3, 0.4) is 0 Å². The molecule has 5 heteroatoms. The quantitative estimate of drug-likeness (QED) is 0.839. The lowest BCUT2D eigenvalue weighted by Gasteiger charge is -2.26. The molecule has 0 bridgehead atoms. The lowest BCUT2D eigenvalue weighted by molar-refractivity contribution is -0.138. The number of hydrogen-bond donors (Lipinski definition) is 1. The van der Waals surface area contributed by atoms with Gasteiger partial charge in [0.15, 0.2) is 0 Å². The second kappa shape index (κ2) is 5.98. The van der Waals surface area contributed by atoms with Crippen molar-refractivity contribution in [3.05, 3.63) is 30.1 Å². The fraction of sp³-hybridized carbons (Fsp3) is 0.417. The number of pyridine rings is 1. The fourth-order valence-electron chi connectivity index (χ4n) is 1.45. The predicted molar refractivity (Wildman–Crippen MR) is 62.7 cm³/mol. The topological polar surface area (TPSA) is 70.5 Å². The van der Waals surface area contributed by atoms with E-state index in [0.29, 0.717) is 12.0 Å². The van der Waals surface area contributed by atoms with Gasteiger partial charge in [-0.2, -0.15) is 0 Å². The van der Waals surface area contributed by atoms with Crippen LogP contribution in [0.2, 0.25) is 0 Å². The number of aliphatic carboxylic acids is 1. The first kappa shape index (κ1) is 13.2. The van der Waals surface area contributed by atoms with Gasteiger partial charge in [0.25, 0.3) is 5.91 Å². The average Bonchev–Trinajstić information content (AvgIpc) is 2.35. The lowest BCUT2D eigenvalue weighted by Crippen LogP contribution is -2.41. The molecule has 1 N–H and O–H groups in total. The maximum Gasteiger partial charge on any atom is 0.323 e. The van der Waals surface area contributed by atoms with Crippen molar-refractivity contribution >= 4 is 11.9 Å². The molecule has 0 aliphatic rings. The highest BCUT2D eigenvalue weighted by Gasteiger charge is 2.22. The van der Waals surface area contributed by atoms with E-state index in [1.807, 2.05) is 13.8 Å². The molecule has 0 aromatic carbocycles. The Bertz CT molecular complexity index is 392. The van der Waals surface area contributed by atoms with Gasteiger partial charge < -0.3 is 10.0 Å². The number of carbonyl (C=O) groups excluding carboxylic acids is 1. The normalized spacial score (nSPS) is 11.9. The van der Waals surface area contributed by atoms with E-state index >= 15 is 0 Å². The maximum atomic E-state index is 12.1. The Kier molecular flexibility index (Phi) is 4.63. The Labute approximate surface area is 100 Å². The monoisotopic (exact) mass is 236 g/mol. The number of hydrogen-bond acceptors (Lipinski definition) is 3. The van der Waals surface area contributed by atoms with Gasteiger partial charge in [0.2, 0.25) is 0 Å². The van der Waals surface area contributed by atoms with E-state index in [1.54, 1.807) is 12.1 Å². The third-order valence-corrected chi connectivity index (χ3v) is 2.62. The molecular weight excluding hydrogens is 220 g/mol. The molecule has 1 unspecified atom stereocenters. The van der Waals surface area contributed by atoms with Gasteiger partial charge in [-0.3, -0.25) is 14.6 Å². The van der Waals surface area contributed by atoms with Crippen LogP contribution in [-0.4, -0.2) is 39.5 Å². The summed E-state index contributed by atoms with van der Waals surface area (Å²) in [5.41, 5.74) is 0.460. The molecule has 0 spiro atoms. The van der Waals surface area contributed by atoms with Crippen LogP contribution in [0.1, 0.15) is 30.6 Å². The number of carboxylic acids is 1. The Morgan fingerprint density at radius 1 is 1.41 bits per heavy atom. The molecule has 92 valence electrons. The fourth-order valence-corrected chi connectivity index (χ4v) is 1.45. The molecule has 5 nitrogen and oxygen atoms in total. The number of carboxylic acid groups (broad SMARTS) is 1. The Hall–Kier alpha value is -1.91. The van der Waals surface area contributed by atoms with Crippen LogP contribution in [0.25, 0.3) is 0 Å². The molecule has 0 saturated carbocycles. The van der Waals surface area contributed by atoms with Gasteiger partial charge in [0.1, 0.15) is 6.54 Å². The van der Waals surface area contributed by atoms with Crippen LogP contribution in [-0.2, 0) is 4.79 Å². The van der Waals surface area contributed by atoms with Crippen molar-refractivity contribution in [1.82, 2.24) is 9.88 Å². The van der Waals surface area contributed by atoms with E-state index in [1.165, 1.54) is 17.3 Å². The molecule has 0 radical (unpaired) electrons. The summed E-state index contributed by atoms with van der Waals surface area (Å²) in [5.74, 6) is -1.28. The summed E-state index contributed by atoms with van der Waals surface area (Å²) < 4.78 is 0. The summed E-state index contributed by atoms with van der Waals surface area (Å²) in [6, 6.07) is 3.06. The third kappa shape index (κ3) is 3.55. The van der Waals surface area contributed by atoms with Crippen LogP contribution in [0, 0.1) is 0 Å². The number of carbonyl (C=O) groups is 2. The van der Waals surface area contributed by atoms with E-state index in [2.05, 4.69) is 4.98 Å². The maximum absolute atomic E-state index is 12.1. The highest BCUT2D eigenvalue weighted by Crippen LogP contribution is 2.09. The van der Waals surface area contributed by atoms with E-state index in [4.69, 9.17) is 5.11 Å². The first-order valence-corrected chi connectivity index (χ1v) is 5.49. The third-order valence-electron chi connectivity index (χ3n) is 2.62. The van der Waals surface area contributed by atoms with Gasteiger partial charge in [-0.1, -0.05) is 6.92 Å². The van der Waals surface area contributed by atoms with E-state index in [-0.39, 0.29) is 18.5 Å². The molecular formula is C12H16N2O3. The highest BCUT2D eigenvalue weighted by atomic mass is 16.4. The molecule has 1 amide bonds. The van der Waals surface area contributed by atoms with Gasteiger partial charge in [-0.15, -0.1) is 0 Å². The first-order valence-electron chi connectivity index (χ1n) is 5.49. The number of aromatic nitrogens is 1. The molecule has 0 aliphatic heterocycles. The van der Waals surface area contributed by atoms with Gasteiger partial charge in [0.05, 0.1) is 0 Å². The molecule has 17 heavy (non-hydrogen) atoms. The van der Waals surface area contributed by atoms with E-state index in [9.17, 15) is 9.59 Å². The summed E-state index contributed by atoms with van der Waals surface area (Å²) >= 11 is 0. The molecule has 1 rings (SSSR count). The van der Waals surface area contributed by atoms with Crippen molar-refractivity contribution < 1.29 is 14.7 Å². The summed E-state index contributed by atoms with van der Waals surface area (Å²) in [6.45, 7) is 3.47. The van der Waals surface area contributed by atoms with Gasteiger partial charge in [0, 0.05) is 24.0 Å². The van der Waals surface area contributed by atoms with Crippen LogP contribution >= 0.6 is 0 Å². The van der Waals surface area contributed by atoms with E-state index < -0.39 is 5.97 Å². The Morgan fingerprint density at radius 2 is 2.00 bits per heavy atom. The Morgan fingerprint density at radius 3 is 2.47 bits per heavy atom. The molecule has 1 atom stereocenters. The largest absolute Gasteiger partial charge is 0.480 e. The van der Waals surface area contributed by atoms with Crippen molar-refractivity contribution in [2.24, 2.45) is 0 Å². The number of amides is 1. The highest BCUT2D eigenvalue weighted by molar-refractivity contribution is 5.95. The zero-order valence-electron chi connectivity index (χ0n) is 9.96. The van der Waals surface area contributed by atoms with Crippen molar-refractivity contribution in [3.8, 4) is 0 Å². The van der Waals surface area contributed by atoms with Crippen LogP contribution in [0.15, 0.2) is 24.5 Å².